The van der Waals surface area contributed by atoms with E-state index in [4.69, 9.17) is 0 Å². The van der Waals surface area contributed by atoms with Crippen LogP contribution < -0.4 is 0 Å². The summed E-state index contributed by atoms with van der Waals surface area (Å²) < 4.78 is 28.7. The maximum atomic E-state index is 13.2. The lowest BCUT2D eigenvalue weighted by Crippen LogP contribution is -2.42. The second-order valence-corrected chi connectivity index (χ2v) is 9.97. The fraction of sp³-hybridized carbons (Fsp3) is 0.667. The van der Waals surface area contributed by atoms with Crippen LogP contribution in [-0.2, 0) is 10.0 Å². The van der Waals surface area contributed by atoms with Crippen LogP contribution in [0.1, 0.15) is 57.9 Å². The van der Waals surface area contributed by atoms with Crippen LogP contribution in [0.5, 0.6) is 0 Å². The number of unbranched alkanes of at least 4 members (excludes halogenated alkanes) is 2. The first kappa shape index (κ1) is 19.2. The Balaban J connectivity index is 2.31. The first-order chi connectivity index (χ1) is 10.9. The summed E-state index contributed by atoms with van der Waals surface area (Å²) in [7, 11) is -3.41. The molecule has 1 aliphatic heterocycles. The van der Waals surface area contributed by atoms with Crippen molar-refractivity contribution in [2.75, 3.05) is 0 Å². The lowest BCUT2D eigenvalue weighted by molar-refractivity contribution is 0.301. The zero-order valence-electron chi connectivity index (χ0n) is 14.3. The second kappa shape index (κ2) is 8.30. The first-order valence-electron chi connectivity index (χ1n) is 8.66. The van der Waals surface area contributed by atoms with Gasteiger partial charge in [0.25, 0.3) is 0 Å². The summed E-state index contributed by atoms with van der Waals surface area (Å²) in [6.07, 6.45) is 6.28. The highest BCUT2D eigenvalue weighted by Crippen LogP contribution is 2.38. The lowest BCUT2D eigenvalue weighted by atomic mass is 10.1. The molecule has 0 aliphatic carbocycles. The molecule has 0 amide bonds. The van der Waals surface area contributed by atoms with Gasteiger partial charge in [-0.2, -0.15) is 4.31 Å². The number of hydrogen-bond acceptors (Lipinski definition) is 2. The molecule has 23 heavy (non-hydrogen) atoms. The molecule has 1 heterocycles. The van der Waals surface area contributed by atoms with Crippen LogP contribution in [0.3, 0.4) is 0 Å². The van der Waals surface area contributed by atoms with Crippen molar-refractivity contribution in [3.63, 3.8) is 0 Å². The van der Waals surface area contributed by atoms with E-state index in [2.05, 4.69) is 36.4 Å². The molecule has 0 unspecified atom stereocenters. The SMILES string of the molecule is CCCCC[C@@H]1[C@@H](I)C[C@@H](CC)N1S(=O)(=O)c1ccc(C)cc1. The quantitative estimate of drug-likeness (QED) is 0.337. The van der Waals surface area contributed by atoms with Crippen molar-refractivity contribution >= 4 is 32.6 Å². The number of rotatable bonds is 7. The summed E-state index contributed by atoms with van der Waals surface area (Å²) >= 11 is 2.46. The Labute approximate surface area is 155 Å². The average Bonchev–Trinajstić information content (AvgIpc) is 2.85. The van der Waals surface area contributed by atoms with Crippen LogP contribution in [0.2, 0.25) is 0 Å². The summed E-state index contributed by atoms with van der Waals surface area (Å²) in [6.45, 7) is 6.27. The van der Waals surface area contributed by atoms with Gasteiger partial charge in [-0.15, -0.1) is 0 Å². The molecule has 1 aliphatic rings. The molecule has 1 aromatic rings. The van der Waals surface area contributed by atoms with Gasteiger partial charge >= 0.3 is 0 Å². The molecule has 1 fully saturated rings. The van der Waals surface area contributed by atoms with E-state index in [1.165, 1.54) is 12.8 Å². The van der Waals surface area contributed by atoms with Crippen molar-refractivity contribution in [3.8, 4) is 0 Å². The van der Waals surface area contributed by atoms with Crippen LogP contribution >= 0.6 is 22.6 Å². The number of sulfonamides is 1. The van der Waals surface area contributed by atoms with Crippen LogP contribution in [-0.4, -0.2) is 28.7 Å². The Morgan fingerprint density at radius 1 is 1.17 bits per heavy atom. The van der Waals surface area contributed by atoms with Crippen molar-refractivity contribution < 1.29 is 8.42 Å². The van der Waals surface area contributed by atoms with E-state index in [1.807, 2.05) is 23.4 Å². The molecule has 130 valence electrons. The zero-order valence-corrected chi connectivity index (χ0v) is 17.3. The highest BCUT2D eigenvalue weighted by molar-refractivity contribution is 14.1. The van der Waals surface area contributed by atoms with Crippen molar-refractivity contribution in [2.24, 2.45) is 0 Å². The number of nitrogens with zero attached hydrogens (tertiary/aromatic N) is 1. The van der Waals surface area contributed by atoms with E-state index in [0.29, 0.717) is 8.82 Å². The van der Waals surface area contributed by atoms with Gasteiger partial charge in [-0.05, 0) is 38.3 Å². The molecule has 0 bridgehead atoms. The highest BCUT2D eigenvalue weighted by atomic mass is 127. The zero-order chi connectivity index (χ0) is 17.0. The van der Waals surface area contributed by atoms with Gasteiger partial charge in [0.2, 0.25) is 10.0 Å². The Morgan fingerprint density at radius 3 is 2.39 bits per heavy atom. The third-order valence-electron chi connectivity index (χ3n) is 4.77. The number of hydrogen-bond donors (Lipinski definition) is 0. The van der Waals surface area contributed by atoms with Crippen molar-refractivity contribution in [2.45, 2.75) is 80.2 Å². The summed E-state index contributed by atoms with van der Waals surface area (Å²) in [5.41, 5.74) is 1.09. The molecular weight excluding hydrogens is 421 g/mol. The van der Waals surface area contributed by atoms with E-state index in [9.17, 15) is 8.42 Å². The van der Waals surface area contributed by atoms with Gasteiger partial charge < -0.3 is 0 Å². The minimum absolute atomic E-state index is 0.134. The largest absolute Gasteiger partial charge is 0.243 e. The monoisotopic (exact) mass is 449 g/mol. The van der Waals surface area contributed by atoms with Crippen molar-refractivity contribution in [3.05, 3.63) is 29.8 Å². The van der Waals surface area contributed by atoms with E-state index >= 15 is 0 Å². The molecule has 5 heteroatoms. The highest BCUT2D eigenvalue weighted by Gasteiger charge is 2.45. The van der Waals surface area contributed by atoms with E-state index in [1.54, 1.807) is 12.1 Å². The Hall–Kier alpha value is -0.140. The molecule has 0 N–H and O–H groups in total. The first-order valence-corrected chi connectivity index (χ1v) is 11.3. The van der Waals surface area contributed by atoms with Crippen molar-refractivity contribution in [1.82, 2.24) is 4.31 Å². The fourth-order valence-electron chi connectivity index (χ4n) is 3.42. The summed E-state index contributed by atoms with van der Waals surface area (Å²) in [6, 6.07) is 7.55. The van der Waals surface area contributed by atoms with Gasteiger partial charge in [-0.1, -0.05) is 73.4 Å². The minimum atomic E-state index is -3.41. The molecule has 1 aromatic carbocycles. The number of halogens is 1. The van der Waals surface area contributed by atoms with Crippen LogP contribution in [0.25, 0.3) is 0 Å². The van der Waals surface area contributed by atoms with Crippen LogP contribution in [0, 0.1) is 6.92 Å². The maximum Gasteiger partial charge on any atom is 0.243 e. The minimum Gasteiger partial charge on any atom is -0.207 e. The standard InChI is InChI=1S/C18H28INO2S/c1-4-6-7-8-18-17(19)13-15(5-2)20(18)23(21,22)16-11-9-14(3)10-12-16/h9-12,15,17-18H,4-8,13H2,1-3H3/t15-,17+,18-/m1/s1. The number of alkyl halides is 1. The summed E-state index contributed by atoms with van der Waals surface area (Å²) in [5, 5.41) is 0. The fourth-order valence-corrected chi connectivity index (χ4v) is 6.89. The second-order valence-electron chi connectivity index (χ2n) is 6.52. The van der Waals surface area contributed by atoms with E-state index in [-0.39, 0.29) is 12.1 Å². The molecular formula is C18H28INO2S. The van der Waals surface area contributed by atoms with Gasteiger partial charge in [-0.3, -0.25) is 0 Å². The van der Waals surface area contributed by atoms with Crippen LogP contribution in [0.15, 0.2) is 29.2 Å². The van der Waals surface area contributed by atoms with Crippen LogP contribution in [0.4, 0.5) is 0 Å². The summed E-state index contributed by atoms with van der Waals surface area (Å²) in [5.74, 6) is 0. The van der Waals surface area contributed by atoms with Crippen molar-refractivity contribution in [1.29, 1.82) is 0 Å². The molecule has 1 saturated heterocycles. The predicted octanol–water partition coefficient (Wildman–Crippen LogP) is 4.92. The Kier molecular flexibility index (Phi) is 6.92. The smallest absolute Gasteiger partial charge is 0.207 e. The summed E-state index contributed by atoms with van der Waals surface area (Å²) in [4.78, 5) is 0.438. The molecule has 2 rings (SSSR count). The molecule has 0 saturated carbocycles. The topological polar surface area (TPSA) is 37.4 Å². The number of aryl methyl sites for hydroxylation is 1. The molecule has 0 aromatic heterocycles. The van der Waals surface area contributed by atoms with Gasteiger partial charge in [0, 0.05) is 16.0 Å². The molecule has 3 atom stereocenters. The van der Waals surface area contributed by atoms with Gasteiger partial charge in [0.15, 0.2) is 0 Å². The maximum absolute atomic E-state index is 13.2. The lowest BCUT2D eigenvalue weighted by Gasteiger charge is -2.29. The Bertz CT molecular complexity index is 600. The van der Waals surface area contributed by atoms with Gasteiger partial charge in [-0.25, -0.2) is 8.42 Å². The normalized spacial score (nSPS) is 25.8. The third-order valence-corrected chi connectivity index (χ3v) is 8.10. The van der Waals surface area contributed by atoms with E-state index < -0.39 is 10.0 Å². The van der Waals surface area contributed by atoms with Gasteiger partial charge in [0.1, 0.15) is 0 Å². The molecule has 0 radical (unpaired) electrons. The number of benzene rings is 1. The third kappa shape index (κ3) is 4.28. The molecule has 3 nitrogen and oxygen atoms in total. The predicted molar refractivity (Wildman–Crippen MR) is 105 cm³/mol. The van der Waals surface area contributed by atoms with E-state index in [0.717, 1.165) is 31.2 Å². The van der Waals surface area contributed by atoms with Gasteiger partial charge in [0.05, 0.1) is 4.90 Å². The molecule has 0 spiro atoms. The average molecular weight is 449 g/mol. The Morgan fingerprint density at radius 2 is 1.83 bits per heavy atom.